The first-order valence-corrected chi connectivity index (χ1v) is 5.56. The number of nitrogens with two attached hydrogens (primary N) is 1. The van der Waals surface area contributed by atoms with Gasteiger partial charge >= 0.3 is 5.69 Å². The zero-order chi connectivity index (χ0) is 13.3. The molecule has 0 bridgehead atoms. The number of benzene rings is 1. The van der Waals surface area contributed by atoms with Gasteiger partial charge in [0, 0.05) is 12.6 Å². The normalized spacial score (nSPS) is 10.6. The van der Waals surface area contributed by atoms with Crippen molar-refractivity contribution in [2.24, 2.45) is 12.8 Å². The van der Waals surface area contributed by atoms with Gasteiger partial charge in [0.05, 0.1) is 6.54 Å². The largest absolute Gasteiger partial charge is 0.389 e. The SMILES string of the molecule is Cn1cnn(Cc2ccc(F)cc2C(N)=S)c1=O. The number of hydrogen-bond acceptors (Lipinski definition) is 3. The summed E-state index contributed by atoms with van der Waals surface area (Å²) in [6.07, 6.45) is 1.41. The predicted molar refractivity (Wildman–Crippen MR) is 68.9 cm³/mol. The average Bonchev–Trinajstić information content (AvgIpc) is 2.63. The molecule has 7 heteroatoms. The van der Waals surface area contributed by atoms with Crippen LogP contribution in [0.15, 0.2) is 29.3 Å². The predicted octanol–water partition coefficient (Wildman–Crippen LogP) is 0.403. The summed E-state index contributed by atoms with van der Waals surface area (Å²) in [5.74, 6) is -0.421. The summed E-state index contributed by atoms with van der Waals surface area (Å²) in [7, 11) is 1.60. The fraction of sp³-hybridized carbons (Fsp3) is 0.182. The smallest absolute Gasteiger partial charge is 0.345 e. The molecule has 0 radical (unpaired) electrons. The number of nitrogens with zero attached hydrogens (tertiary/aromatic N) is 3. The Balaban J connectivity index is 2.43. The zero-order valence-electron chi connectivity index (χ0n) is 9.63. The molecule has 2 N–H and O–H groups in total. The van der Waals surface area contributed by atoms with Gasteiger partial charge in [-0.05, 0) is 17.7 Å². The second kappa shape index (κ2) is 4.69. The molecule has 18 heavy (non-hydrogen) atoms. The minimum Gasteiger partial charge on any atom is -0.389 e. The third kappa shape index (κ3) is 2.30. The number of halogens is 1. The highest BCUT2D eigenvalue weighted by Gasteiger charge is 2.10. The number of thiocarbonyl (C=S) groups is 1. The molecule has 1 aromatic heterocycles. The van der Waals surface area contributed by atoms with Crippen molar-refractivity contribution in [3.63, 3.8) is 0 Å². The summed E-state index contributed by atoms with van der Waals surface area (Å²) < 4.78 is 15.7. The van der Waals surface area contributed by atoms with Crippen molar-refractivity contribution in [3.8, 4) is 0 Å². The summed E-state index contributed by atoms with van der Waals surface area (Å²) >= 11 is 4.86. The van der Waals surface area contributed by atoms with Crippen molar-refractivity contribution in [1.29, 1.82) is 0 Å². The van der Waals surface area contributed by atoms with Crippen LogP contribution in [0.1, 0.15) is 11.1 Å². The molecule has 0 spiro atoms. The van der Waals surface area contributed by atoms with E-state index in [9.17, 15) is 9.18 Å². The Morgan fingerprint density at radius 2 is 2.28 bits per heavy atom. The summed E-state index contributed by atoms with van der Waals surface area (Å²) in [5, 5.41) is 3.92. The van der Waals surface area contributed by atoms with E-state index in [1.807, 2.05) is 0 Å². The molecule has 1 aromatic carbocycles. The lowest BCUT2D eigenvalue weighted by Gasteiger charge is -2.07. The van der Waals surface area contributed by atoms with E-state index in [1.54, 1.807) is 13.1 Å². The molecule has 0 saturated carbocycles. The van der Waals surface area contributed by atoms with Crippen molar-refractivity contribution in [1.82, 2.24) is 14.3 Å². The standard InChI is InChI=1S/C11H11FN4OS/c1-15-6-14-16(11(15)17)5-7-2-3-8(12)4-9(7)10(13)18/h2-4,6H,5H2,1H3,(H2,13,18). The lowest BCUT2D eigenvalue weighted by molar-refractivity contribution is 0.620. The van der Waals surface area contributed by atoms with E-state index in [1.165, 1.54) is 27.7 Å². The van der Waals surface area contributed by atoms with Crippen LogP contribution in [0.3, 0.4) is 0 Å². The highest BCUT2D eigenvalue weighted by Crippen LogP contribution is 2.12. The molecule has 5 nitrogen and oxygen atoms in total. The minimum atomic E-state index is -0.421. The third-order valence-corrected chi connectivity index (χ3v) is 2.76. The Kier molecular flexibility index (Phi) is 3.24. The maximum absolute atomic E-state index is 13.1. The molecule has 0 aliphatic carbocycles. The van der Waals surface area contributed by atoms with Gasteiger partial charge in [-0.2, -0.15) is 5.10 Å². The molecular weight excluding hydrogens is 255 g/mol. The van der Waals surface area contributed by atoms with Crippen LogP contribution in [0.25, 0.3) is 0 Å². The molecule has 94 valence electrons. The highest BCUT2D eigenvalue weighted by molar-refractivity contribution is 7.80. The number of hydrogen-bond donors (Lipinski definition) is 1. The Morgan fingerprint density at radius 3 is 2.83 bits per heavy atom. The van der Waals surface area contributed by atoms with Gasteiger partial charge in [-0.1, -0.05) is 18.3 Å². The number of rotatable bonds is 3. The maximum atomic E-state index is 13.1. The molecule has 0 saturated heterocycles. The van der Waals surface area contributed by atoms with Crippen molar-refractivity contribution < 1.29 is 4.39 Å². The van der Waals surface area contributed by atoms with E-state index >= 15 is 0 Å². The Bertz CT molecular complexity index is 661. The van der Waals surface area contributed by atoms with E-state index in [0.717, 1.165) is 0 Å². The van der Waals surface area contributed by atoms with Crippen molar-refractivity contribution in [2.45, 2.75) is 6.54 Å². The van der Waals surface area contributed by atoms with Gasteiger partial charge < -0.3 is 5.73 Å². The van der Waals surface area contributed by atoms with Crippen LogP contribution in [0.5, 0.6) is 0 Å². The molecule has 0 atom stereocenters. The summed E-state index contributed by atoms with van der Waals surface area (Å²) in [6.45, 7) is 0.201. The van der Waals surface area contributed by atoms with Gasteiger partial charge in [0.2, 0.25) is 0 Å². The molecule has 0 fully saturated rings. The first-order valence-electron chi connectivity index (χ1n) is 5.15. The van der Waals surface area contributed by atoms with E-state index in [0.29, 0.717) is 11.1 Å². The summed E-state index contributed by atoms with van der Waals surface area (Å²) in [6, 6.07) is 4.10. The van der Waals surface area contributed by atoms with Gasteiger partial charge in [0.25, 0.3) is 0 Å². The lowest BCUT2D eigenvalue weighted by Crippen LogP contribution is -2.24. The second-order valence-electron chi connectivity index (χ2n) is 3.85. The third-order valence-electron chi connectivity index (χ3n) is 2.54. The van der Waals surface area contributed by atoms with Crippen LogP contribution in [-0.4, -0.2) is 19.3 Å². The molecule has 0 aliphatic heterocycles. The molecular formula is C11H11FN4OS. The summed E-state index contributed by atoms with van der Waals surface area (Å²) in [5.41, 5.74) is 6.35. The highest BCUT2D eigenvalue weighted by atomic mass is 32.1. The van der Waals surface area contributed by atoms with Crippen LogP contribution in [0.4, 0.5) is 4.39 Å². The van der Waals surface area contributed by atoms with Crippen molar-refractivity contribution >= 4 is 17.2 Å². The molecule has 0 aliphatic rings. The quantitative estimate of drug-likeness (QED) is 0.817. The van der Waals surface area contributed by atoms with Gasteiger partial charge in [-0.3, -0.25) is 4.57 Å². The monoisotopic (exact) mass is 266 g/mol. The minimum absolute atomic E-state index is 0.0912. The van der Waals surface area contributed by atoms with Crippen LogP contribution < -0.4 is 11.4 Å². The molecule has 2 aromatic rings. The molecule has 2 rings (SSSR count). The van der Waals surface area contributed by atoms with Crippen LogP contribution in [0.2, 0.25) is 0 Å². The van der Waals surface area contributed by atoms with Crippen LogP contribution in [0, 0.1) is 5.82 Å². The van der Waals surface area contributed by atoms with Gasteiger partial charge in [0.1, 0.15) is 17.1 Å². The Morgan fingerprint density at radius 1 is 1.56 bits per heavy atom. The van der Waals surface area contributed by atoms with Gasteiger partial charge in [-0.15, -0.1) is 0 Å². The fourth-order valence-electron chi connectivity index (χ4n) is 1.61. The Hall–Kier alpha value is -2.02. The van der Waals surface area contributed by atoms with E-state index in [-0.39, 0.29) is 17.2 Å². The second-order valence-corrected chi connectivity index (χ2v) is 4.29. The van der Waals surface area contributed by atoms with Gasteiger partial charge in [-0.25, -0.2) is 13.9 Å². The number of aryl methyl sites for hydroxylation is 1. The molecule has 0 unspecified atom stereocenters. The molecule has 1 heterocycles. The summed E-state index contributed by atoms with van der Waals surface area (Å²) in [4.78, 5) is 11.7. The van der Waals surface area contributed by atoms with Crippen molar-refractivity contribution in [2.75, 3.05) is 0 Å². The first kappa shape index (κ1) is 12.4. The Labute approximate surface area is 108 Å². The van der Waals surface area contributed by atoms with Crippen molar-refractivity contribution in [3.05, 3.63) is 52.0 Å². The average molecular weight is 266 g/mol. The first-order chi connectivity index (χ1) is 8.49. The van der Waals surface area contributed by atoms with Crippen LogP contribution in [-0.2, 0) is 13.6 Å². The zero-order valence-corrected chi connectivity index (χ0v) is 10.4. The topological polar surface area (TPSA) is 65.8 Å². The fourth-order valence-corrected chi connectivity index (χ4v) is 1.80. The van der Waals surface area contributed by atoms with E-state index in [4.69, 9.17) is 18.0 Å². The van der Waals surface area contributed by atoms with Gasteiger partial charge in [0.15, 0.2) is 0 Å². The molecule has 0 amide bonds. The number of aromatic nitrogens is 3. The lowest BCUT2D eigenvalue weighted by atomic mass is 10.1. The van der Waals surface area contributed by atoms with E-state index in [2.05, 4.69) is 5.10 Å². The van der Waals surface area contributed by atoms with Crippen LogP contribution >= 0.6 is 12.2 Å². The van der Waals surface area contributed by atoms with E-state index < -0.39 is 5.82 Å². The maximum Gasteiger partial charge on any atom is 0.345 e.